The number of hydrogen-bond donors (Lipinski definition) is 1. The number of benzene rings is 2. The number of rotatable bonds is 6. The van der Waals surface area contributed by atoms with E-state index < -0.39 is 6.10 Å². The lowest BCUT2D eigenvalue weighted by Crippen LogP contribution is -2.11. The molecule has 0 saturated heterocycles. The van der Waals surface area contributed by atoms with Gasteiger partial charge in [-0.05, 0) is 37.6 Å². The first-order valence-corrected chi connectivity index (χ1v) is 6.80. The van der Waals surface area contributed by atoms with E-state index in [1.165, 1.54) is 0 Å². The van der Waals surface area contributed by atoms with Crippen LogP contribution in [0.1, 0.15) is 24.2 Å². The average Bonchev–Trinajstić information content (AvgIpc) is 2.46. The zero-order valence-electron chi connectivity index (χ0n) is 11.9. The third-order valence-electron chi connectivity index (χ3n) is 2.98. The molecule has 0 aliphatic rings. The van der Waals surface area contributed by atoms with Gasteiger partial charge in [-0.1, -0.05) is 30.3 Å². The fourth-order valence-electron chi connectivity index (χ4n) is 2.01. The van der Waals surface area contributed by atoms with Gasteiger partial charge < -0.3 is 14.6 Å². The molecule has 0 heterocycles. The van der Waals surface area contributed by atoms with Crippen molar-refractivity contribution < 1.29 is 14.6 Å². The van der Waals surface area contributed by atoms with Crippen LogP contribution in [0.2, 0.25) is 0 Å². The van der Waals surface area contributed by atoms with Gasteiger partial charge in [-0.15, -0.1) is 0 Å². The van der Waals surface area contributed by atoms with E-state index >= 15 is 0 Å². The van der Waals surface area contributed by atoms with Crippen molar-refractivity contribution >= 4 is 0 Å². The maximum Gasteiger partial charge on any atom is 0.125 e. The van der Waals surface area contributed by atoms with Crippen molar-refractivity contribution in [3.05, 3.63) is 59.7 Å². The quantitative estimate of drug-likeness (QED) is 0.874. The Morgan fingerprint density at radius 1 is 1.05 bits per heavy atom. The summed E-state index contributed by atoms with van der Waals surface area (Å²) >= 11 is 0. The van der Waals surface area contributed by atoms with Crippen molar-refractivity contribution in [2.24, 2.45) is 0 Å². The molecule has 0 spiro atoms. The lowest BCUT2D eigenvalue weighted by molar-refractivity contribution is 0.105. The van der Waals surface area contributed by atoms with Crippen molar-refractivity contribution in [3.63, 3.8) is 0 Å². The summed E-state index contributed by atoms with van der Waals surface area (Å²) in [6.45, 7) is 4.70. The normalized spacial score (nSPS) is 11.9. The number of aryl methyl sites for hydroxylation is 1. The van der Waals surface area contributed by atoms with Gasteiger partial charge in [0.05, 0.1) is 6.61 Å². The summed E-state index contributed by atoms with van der Waals surface area (Å²) in [5.74, 6) is 1.47. The van der Waals surface area contributed by atoms with Crippen molar-refractivity contribution in [1.82, 2.24) is 0 Å². The molecule has 106 valence electrons. The molecule has 0 aliphatic carbocycles. The molecule has 0 bridgehead atoms. The molecule has 0 amide bonds. The maximum atomic E-state index is 10.3. The predicted molar refractivity (Wildman–Crippen MR) is 79.2 cm³/mol. The number of para-hydroxylation sites is 1. The van der Waals surface area contributed by atoms with Gasteiger partial charge in [0.2, 0.25) is 0 Å². The molecule has 0 saturated carbocycles. The Hall–Kier alpha value is -2.00. The first-order valence-electron chi connectivity index (χ1n) is 6.80. The highest BCUT2D eigenvalue weighted by atomic mass is 16.5. The van der Waals surface area contributed by atoms with Gasteiger partial charge >= 0.3 is 0 Å². The smallest absolute Gasteiger partial charge is 0.125 e. The van der Waals surface area contributed by atoms with Crippen LogP contribution in [0.3, 0.4) is 0 Å². The van der Waals surface area contributed by atoms with Crippen LogP contribution < -0.4 is 9.47 Å². The molecule has 3 heteroatoms. The topological polar surface area (TPSA) is 38.7 Å². The Morgan fingerprint density at radius 2 is 1.85 bits per heavy atom. The molecule has 1 N–H and O–H groups in total. The SMILES string of the molecule is CCOc1ccccc1C(O)COc1cccc(C)c1. The molecule has 0 radical (unpaired) electrons. The first-order chi connectivity index (χ1) is 9.70. The molecule has 0 aromatic heterocycles. The Morgan fingerprint density at radius 3 is 2.60 bits per heavy atom. The van der Waals surface area contributed by atoms with Crippen molar-refractivity contribution in [3.8, 4) is 11.5 Å². The summed E-state index contributed by atoms with van der Waals surface area (Å²) in [5, 5.41) is 10.3. The monoisotopic (exact) mass is 272 g/mol. The van der Waals surface area contributed by atoms with Gasteiger partial charge in [-0.2, -0.15) is 0 Å². The Kier molecular flexibility index (Phi) is 5.02. The van der Waals surface area contributed by atoms with E-state index in [1.807, 2.05) is 62.4 Å². The fraction of sp³-hybridized carbons (Fsp3) is 0.294. The zero-order chi connectivity index (χ0) is 14.4. The van der Waals surface area contributed by atoms with Gasteiger partial charge in [0.15, 0.2) is 0 Å². The van der Waals surface area contributed by atoms with Crippen molar-refractivity contribution in [2.75, 3.05) is 13.2 Å². The third kappa shape index (κ3) is 3.75. The molecular weight excluding hydrogens is 252 g/mol. The highest BCUT2D eigenvalue weighted by Crippen LogP contribution is 2.26. The second-order valence-electron chi connectivity index (χ2n) is 4.61. The van der Waals surface area contributed by atoms with Gasteiger partial charge in [0, 0.05) is 5.56 Å². The van der Waals surface area contributed by atoms with Crippen LogP contribution in [0, 0.1) is 6.92 Å². The van der Waals surface area contributed by atoms with Crippen LogP contribution in [-0.4, -0.2) is 18.3 Å². The minimum absolute atomic E-state index is 0.202. The molecule has 2 aromatic carbocycles. The zero-order valence-corrected chi connectivity index (χ0v) is 11.9. The molecular formula is C17H20O3. The van der Waals surface area contributed by atoms with E-state index in [-0.39, 0.29) is 6.61 Å². The first kappa shape index (κ1) is 14.4. The molecule has 1 unspecified atom stereocenters. The Labute approximate surface area is 119 Å². The number of ether oxygens (including phenoxy) is 2. The van der Waals surface area contributed by atoms with Gasteiger partial charge in [0.25, 0.3) is 0 Å². The number of aliphatic hydroxyl groups is 1. The van der Waals surface area contributed by atoms with E-state index in [2.05, 4.69) is 0 Å². The maximum absolute atomic E-state index is 10.3. The van der Waals surface area contributed by atoms with Crippen molar-refractivity contribution in [2.45, 2.75) is 20.0 Å². The predicted octanol–water partition coefficient (Wildman–Crippen LogP) is 3.51. The summed E-state index contributed by atoms with van der Waals surface area (Å²) in [7, 11) is 0. The van der Waals surface area contributed by atoms with Crippen LogP contribution in [-0.2, 0) is 0 Å². The lowest BCUT2D eigenvalue weighted by Gasteiger charge is -2.16. The van der Waals surface area contributed by atoms with E-state index in [4.69, 9.17) is 9.47 Å². The highest BCUT2D eigenvalue weighted by Gasteiger charge is 2.13. The summed E-state index contributed by atoms with van der Waals surface area (Å²) in [6.07, 6.45) is -0.710. The van der Waals surface area contributed by atoms with E-state index in [0.29, 0.717) is 12.4 Å². The van der Waals surface area contributed by atoms with E-state index in [9.17, 15) is 5.11 Å². The summed E-state index contributed by atoms with van der Waals surface area (Å²) in [6, 6.07) is 15.3. The van der Waals surface area contributed by atoms with Crippen LogP contribution in [0.4, 0.5) is 0 Å². The molecule has 0 fully saturated rings. The summed E-state index contributed by atoms with van der Waals surface area (Å²) in [4.78, 5) is 0. The van der Waals surface area contributed by atoms with E-state index in [1.54, 1.807) is 0 Å². The molecule has 2 rings (SSSR count). The highest BCUT2D eigenvalue weighted by molar-refractivity contribution is 5.35. The molecule has 0 aliphatic heterocycles. The number of aliphatic hydroxyl groups excluding tert-OH is 1. The average molecular weight is 272 g/mol. The van der Waals surface area contributed by atoms with E-state index in [0.717, 1.165) is 16.9 Å². The molecule has 20 heavy (non-hydrogen) atoms. The van der Waals surface area contributed by atoms with Crippen molar-refractivity contribution in [1.29, 1.82) is 0 Å². The third-order valence-corrected chi connectivity index (χ3v) is 2.98. The second-order valence-corrected chi connectivity index (χ2v) is 4.61. The largest absolute Gasteiger partial charge is 0.493 e. The van der Waals surface area contributed by atoms with Gasteiger partial charge in [0.1, 0.15) is 24.2 Å². The molecule has 3 nitrogen and oxygen atoms in total. The minimum atomic E-state index is -0.710. The number of hydrogen-bond acceptors (Lipinski definition) is 3. The summed E-state index contributed by atoms with van der Waals surface area (Å²) < 4.78 is 11.1. The van der Waals surface area contributed by atoms with Crippen LogP contribution in [0.15, 0.2) is 48.5 Å². The Bertz CT molecular complexity index is 551. The van der Waals surface area contributed by atoms with Gasteiger partial charge in [-0.25, -0.2) is 0 Å². The molecule has 1 atom stereocenters. The lowest BCUT2D eigenvalue weighted by atomic mass is 10.1. The minimum Gasteiger partial charge on any atom is -0.493 e. The molecule has 2 aromatic rings. The van der Waals surface area contributed by atoms with Crippen LogP contribution in [0.5, 0.6) is 11.5 Å². The standard InChI is InChI=1S/C17H20O3/c1-3-19-17-10-5-4-9-15(17)16(18)12-20-14-8-6-7-13(2)11-14/h4-11,16,18H,3,12H2,1-2H3. The van der Waals surface area contributed by atoms with Gasteiger partial charge in [-0.3, -0.25) is 0 Å². The second kappa shape index (κ2) is 6.96. The summed E-state index contributed by atoms with van der Waals surface area (Å²) in [5.41, 5.74) is 1.88. The van der Waals surface area contributed by atoms with Crippen LogP contribution >= 0.6 is 0 Å². The Balaban J connectivity index is 2.03. The van der Waals surface area contributed by atoms with Crippen LogP contribution in [0.25, 0.3) is 0 Å². The fourth-order valence-corrected chi connectivity index (χ4v) is 2.01.